The van der Waals surface area contributed by atoms with Gasteiger partial charge in [-0.05, 0) is 0 Å². The maximum atomic E-state index is 11.7. The number of nitro groups is 2. The molecule has 0 unspecified atom stereocenters. The molecule has 12 nitrogen and oxygen atoms in total. The van der Waals surface area contributed by atoms with Gasteiger partial charge in [0.25, 0.3) is 0 Å². The van der Waals surface area contributed by atoms with Crippen molar-refractivity contribution in [2.75, 3.05) is 0 Å². The van der Waals surface area contributed by atoms with E-state index in [9.17, 15) is 30.4 Å². The van der Waals surface area contributed by atoms with Crippen molar-refractivity contribution in [1.82, 2.24) is 19.6 Å². The Hall–Kier alpha value is -2.86. The van der Waals surface area contributed by atoms with Crippen LogP contribution in [0.25, 0.3) is 0 Å². The Balaban J connectivity index is 2.60. The molecule has 0 fully saturated rings. The third-order valence-electron chi connectivity index (χ3n) is 5.26. The predicted octanol–water partition coefficient (Wildman–Crippen LogP) is 1.69. The second-order valence-electron chi connectivity index (χ2n) is 8.94. The molecular weight excluding hydrogens is 372 g/mol. The zero-order valence-electron chi connectivity index (χ0n) is 16.4. The highest BCUT2D eigenvalue weighted by atomic mass is 16.6. The van der Waals surface area contributed by atoms with Crippen molar-refractivity contribution in [2.24, 2.45) is 10.8 Å². The summed E-state index contributed by atoms with van der Waals surface area (Å²) in [6, 6.07) is 0. The quantitative estimate of drug-likeness (QED) is 0.574. The SMILES string of the molecule is CC(C)(C)[C@@]1(O)c2c([N+](=O)[O-])cnn2[C@@](O)(C(C)(C)C)c2c([N+](=O)[O-])cnn21. The summed E-state index contributed by atoms with van der Waals surface area (Å²) in [5, 5.41) is 54.7. The average Bonchev–Trinajstić information content (AvgIpc) is 3.15. The van der Waals surface area contributed by atoms with Crippen molar-refractivity contribution in [2.45, 2.75) is 53.0 Å². The number of hydrogen-bond donors (Lipinski definition) is 2. The van der Waals surface area contributed by atoms with Gasteiger partial charge in [-0.1, -0.05) is 41.5 Å². The van der Waals surface area contributed by atoms with Crippen LogP contribution in [0.2, 0.25) is 0 Å². The fraction of sp³-hybridized carbons (Fsp3) is 0.625. The summed E-state index contributed by atoms with van der Waals surface area (Å²) in [5.41, 5.74) is -8.24. The molecule has 3 rings (SSSR count). The molecule has 0 radical (unpaired) electrons. The van der Waals surface area contributed by atoms with Crippen molar-refractivity contribution in [1.29, 1.82) is 0 Å². The highest BCUT2D eigenvalue weighted by molar-refractivity contribution is 5.49. The summed E-state index contributed by atoms with van der Waals surface area (Å²) in [6.45, 7) is 9.62. The van der Waals surface area contributed by atoms with Crippen LogP contribution in [0, 0.1) is 31.1 Å². The Kier molecular flexibility index (Phi) is 3.80. The second-order valence-corrected chi connectivity index (χ2v) is 8.94. The minimum atomic E-state index is -2.19. The summed E-state index contributed by atoms with van der Waals surface area (Å²) in [6.07, 6.45) is 1.84. The van der Waals surface area contributed by atoms with Crippen molar-refractivity contribution in [3.63, 3.8) is 0 Å². The molecule has 28 heavy (non-hydrogen) atoms. The van der Waals surface area contributed by atoms with Gasteiger partial charge in [0.2, 0.25) is 11.4 Å². The smallest absolute Gasteiger partial charge is 0.315 e. The van der Waals surface area contributed by atoms with E-state index < -0.39 is 43.5 Å². The molecule has 152 valence electrons. The van der Waals surface area contributed by atoms with E-state index in [0.29, 0.717) is 0 Å². The first kappa shape index (κ1) is 19.9. The standard InChI is InChI=1S/C16H22N6O6/c1-13(2,3)15(23)11-9(21(25)26)7-18-20(11)16(24,14(4,5)6)12-10(22(27)28)8-17-19(12)15/h7-8,23-24H,1-6H3/t15-,16-/m0/s1. The lowest BCUT2D eigenvalue weighted by Crippen LogP contribution is -2.61. The molecular formula is C16H22N6O6. The van der Waals surface area contributed by atoms with E-state index in [1.54, 1.807) is 41.5 Å². The van der Waals surface area contributed by atoms with Crippen molar-refractivity contribution >= 4 is 11.4 Å². The van der Waals surface area contributed by atoms with Gasteiger partial charge >= 0.3 is 11.4 Å². The Bertz CT molecular complexity index is 916. The van der Waals surface area contributed by atoms with E-state index in [0.717, 1.165) is 21.8 Å². The van der Waals surface area contributed by atoms with Crippen molar-refractivity contribution < 1.29 is 20.1 Å². The first-order valence-corrected chi connectivity index (χ1v) is 8.51. The zero-order valence-corrected chi connectivity index (χ0v) is 16.4. The van der Waals surface area contributed by atoms with Gasteiger partial charge in [-0.3, -0.25) is 20.2 Å². The lowest BCUT2D eigenvalue weighted by atomic mass is 9.74. The molecule has 2 atom stereocenters. The van der Waals surface area contributed by atoms with Crippen LogP contribution >= 0.6 is 0 Å². The largest absolute Gasteiger partial charge is 0.364 e. The molecule has 0 saturated carbocycles. The molecule has 1 aliphatic heterocycles. The molecule has 0 spiro atoms. The van der Waals surface area contributed by atoms with Crippen LogP contribution in [0.3, 0.4) is 0 Å². The van der Waals surface area contributed by atoms with Gasteiger partial charge in [0.15, 0.2) is 11.4 Å². The maximum absolute atomic E-state index is 11.7. The van der Waals surface area contributed by atoms with Crippen molar-refractivity contribution in [3.8, 4) is 0 Å². The summed E-state index contributed by atoms with van der Waals surface area (Å²) >= 11 is 0. The lowest BCUT2D eigenvalue weighted by molar-refractivity contribution is -0.390. The van der Waals surface area contributed by atoms with Crippen LogP contribution < -0.4 is 0 Å². The van der Waals surface area contributed by atoms with Crippen LogP contribution in [-0.2, 0) is 11.4 Å². The molecule has 2 N–H and O–H groups in total. The normalized spacial score (nSPS) is 24.6. The monoisotopic (exact) mass is 394 g/mol. The Morgan fingerprint density at radius 1 is 0.821 bits per heavy atom. The van der Waals surface area contributed by atoms with E-state index in [4.69, 9.17) is 0 Å². The Morgan fingerprint density at radius 2 is 1.11 bits per heavy atom. The molecule has 0 saturated heterocycles. The highest BCUT2D eigenvalue weighted by Crippen LogP contribution is 2.55. The topological polar surface area (TPSA) is 162 Å². The first-order valence-electron chi connectivity index (χ1n) is 8.51. The average molecular weight is 394 g/mol. The molecule has 12 heteroatoms. The van der Waals surface area contributed by atoms with E-state index in [1.165, 1.54) is 0 Å². The summed E-state index contributed by atoms with van der Waals surface area (Å²) < 4.78 is 1.83. The van der Waals surface area contributed by atoms with Gasteiger partial charge in [-0.2, -0.15) is 10.2 Å². The van der Waals surface area contributed by atoms with Gasteiger partial charge in [0.1, 0.15) is 12.4 Å². The van der Waals surface area contributed by atoms with E-state index in [-0.39, 0.29) is 11.4 Å². The highest BCUT2D eigenvalue weighted by Gasteiger charge is 2.65. The Labute approximate surface area is 159 Å². The predicted molar refractivity (Wildman–Crippen MR) is 95.3 cm³/mol. The van der Waals surface area contributed by atoms with Crippen LogP contribution in [0.1, 0.15) is 52.9 Å². The minimum Gasteiger partial charge on any atom is -0.364 e. The third-order valence-corrected chi connectivity index (χ3v) is 5.26. The fourth-order valence-corrected chi connectivity index (χ4v) is 3.64. The van der Waals surface area contributed by atoms with Crippen molar-refractivity contribution in [3.05, 3.63) is 44.0 Å². The molecule has 2 aromatic heterocycles. The summed E-state index contributed by atoms with van der Waals surface area (Å²) in [4.78, 5) is 21.9. The third kappa shape index (κ3) is 2.12. The zero-order chi connectivity index (χ0) is 21.4. The Morgan fingerprint density at radius 3 is 1.32 bits per heavy atom. The second kappa shape index (κ2) is 5.35. The minimum absolute atomic E-state index is 0.298. The van der Waals surface area contributed by atoms with Gasteiger partial charge in [0, 0.05) is 10.8 Å². The number of fused-ring (bicyclic) bond motifs is 2. The van der Waals surface area contributed by atoms with Gasteiger partial charge in [-0.25, -0.2) is 9.36 Å². The number of aromatic nitrogens is 4. The number of nitrogens with zero attached hydrogens (tertiary/aromatic N) is 6. The molecule has 1 aliphatic rings. The van der Waals surface area contributed by atoms with Gasteiger partial charge in [-0.15, -0.1) is 0 Å². The molecule has 3 heterocycles. The molecule has 0 aromatic carbocycles. The fourth-order valence-electron chi connectivity index (χ4n) is 3.64. The summed E-state index contributed by atoms with van der Waals surface area (Å²) in [5.74, 6) is 0. The number of rotatable bonds is 2. The van der Waals surface area contributed by atoms with Crippen LogP contribution in [0.15, 0.2) is 12.4 Å². The maximum Gasteiger partial charge on any atom is 0.315 e. The number of aliphatic hydroxyl groups is 2. The molecule has 2 aromatic rings. The molecule has 0 aliphatic carbocycles. The number of hydrogen-bond acceptors (Lipinski definition) is 8. The van der Waals surface area contributed by atoms with Gasteiger partial charge in [0.05, 0.1) is 9.85 Å². The van der Waals surface area contributed by atoms with E-state index >= 15 is 0 Å². The summed E-state index contributed by atoms with van der Waals surface area (Å²) in [7, 11) is 0. The lowest BCUT2D eigenvalue weighted by Gasteiger charge is -2.50. The first-order chi connectivity index (χ1) is 12.6. The van der Waals surface area contributed by atoms with E-state index in [2.05, 4.69) is 10.2 Å². The van der Waals surface area contributed by atoms with E-state index in [1.807, 2.05) is 0 Å². The van der Waals surface area contributed by atoms with Crippen LogP contribution in [-0.4, -0.2) is 39.6 Å². The van der Waals surface area contributed by atoms with Crippen LogP contribution in [0.4, 0.5) is 11.4 Å². The molecule has 0 bridgehead atoms. The van der Waals surface area contributed by atoms with Crippen LogP contribution in [0.5, 0.6) is 0 Å². The van der Waals surface area contributed by atoms with Gasteiger partial charge < -0.3 is 10.2 Å². The molecule has 0 amide bonds.